The molecular weight excluding hydrogens is 436 g/mol. The number of carbonyl (C=O) groups is 2. The SMILES string of the molecule is COc1ccc(C(=O)Oc2cccc(/C=N/NC(=O)c3ccc(Br)cc3)c2)cc1. The van der Waals surface area contributed by atoms with Gasteiger partial charge in [0.1, 0.15) is 11.5 Å². The second kappa shape index (κ2) is 9.66. The Morgan fingerprint density at radius 1 is 0.931 bits per heavy atom. The molecule has 3 aromatic rings. The average molecular weight is 453 g/mol. The number of carbonyl (C=O) groups excluding carboxylic acids is 2. The first-order valence-corrected chi connectivity index (χ1v) is 9.40. The third-order valence-corrected chi connectivity index (χ3v) is 4.41. The molecule has 0 saturated carbocycles. The molecule has 0 aliphatic rings. The molecule has 3 rings (SSSR count). The van der Waals surface area contributed by atoms with Gasteiger partial charge in [0.25, 0.3) is 5.91 Å². The third kappa shape index (κ3) is 5.76. The number of ether oxygens (including phenoxy) is 2. The van der Waals surface area contributed by atoms with Crippen LogP contribution in [0.5, 0.6) is 11.5 Å². The number of hydrogen-bond acceptors (Lipinski definition) is 5. The average Bonchev–Trinajstić information content (AvgIpc) is 2.74. The summed E-state index contributed by atoms with van der Waals surface area (Å²) in [5.74, 6) is 0.222. The number of hydrazone groups is 1. The number of nitrogens with one attached hydrogen (secondary N) is 1. The highest BCUT2D eigenvalue weighted by molar-refractivity contribution is 9.10. The van der Waals surface area contributed by atoms with E-state index in [9.17, 15) is 9.59 Å². The summed E-state index contributed by atoms with van der Waals surface area (Å²) < 4.78 is 11.3. The number of hydrogen-bond donors (Lipinski definition) is 1. The van der Waals surface area contributed by atoms with Gasteiger partial charge in [-0.2, -0.15) is 5.10 Å². The van der Waals surface area contributed by atoms with Crippen molar-refractivity contribution >= 4 is 34.0 Å². The fraction of sp³-hybridized carbons (Fsp3) is 0.0455. The van der Waals surface area contributed by atoms with Crippen molar-refractivity contribution < 1.29 is 19.1 Å². The van der Waals surface area contributed by atoms with Gasteiger partial charge in [-0.05, 0) is 66.2 Å². The van der Waals surface area contributed by atoms with Gasteiger partial charge in [0.05, 0.1) is 18.9 Å². The molecule has 3 aromatic carbocycles. The van der Waals surface area contributed by atoms with Crippen molar-refractivity contribution in [1.29, 1.82) is 0 Å². The summed E-state index contributed by atoms with van der Waals surface area (Å²) in [5.41, 5.74) is 4.03. The smallest absolute Gasteiger partial charge is 0.343 e. The van der Waals surface area contributed by atoms with E-state index < -0.39 is 5.97 Å². The van der Waals surface area contributed by atoms with Gasteiger partial charge in [-0.3, -0.25) is 4.79 Å². The summed E-state index contributed by atoms with van der Waals surface area (Å²) in [6.07, 6.45) is 1.47. The maximum atomic E-state index is 12.3. The van der Waals surface area contributed by atoms with Crippen LogP contribution in [0, 0.1) is 0 Å². The van der Waals surface area contributed by atoms with Crippen molar-refractivity contribution in [2.24, 2.45) is 5.10 Å². The molecule has 29 heavy (non-hydrogen) atoms. The van der Waals surface area contributed by atoms with Crippen molar-refractivity contribution in [1.82, 2.24) is 5.43 Å². The third-order valence-electron chi connectivity index (χ3n) is 3.88. The monoisotopic (exact) mass is 452 g/mol. The molecule has 0 radical (unpaired) electrons. The molecule has 0 unspecified atom stereocenters. The minimum Gasteiger partial charge on any atom is -0.497 e. The van der Waals surface area contributed by atoms with E-state index in [1.165, 1.54) is 6.21 Å². The normalized spacial score (nSPS) is 10.6. The number of amides is 1. The number of nitrogens with zero attached hydrogens (tertiary/aromatic N) is 1. The van der Waals surface area contributed by atoms with Crippen LogP contribution in [0.1, 0.15) is 26.3 Å². The molecule has 146 valence electrons. The van der Waals surface area contributed by atoms with Gasteiger partial charge in [0, 0.05) is 10.0 Å². The van der Waals surface area contributed by atoms with Crippen LogP contribution in [0.2, 0.25) is 0 Å². The number of esters is 1. The molecule has 0 fully saturated rings. The summed E-state index contributed by atoms with van der Waals surface area (Å²) in [7, 11) is 1.56. The zero-order chi connectivity index (χ0) is 20.6. The maximum absolute atomic E-state index is 12.3. The maximum Gasteiger partial charge on any atom is 0.343 e. The van der Waals surface area contributed by atoms with Crippen LogP contribution >= 0.6 is 15.9 Å². The Hall–Kier alpha value is -3.45. The largest absolute Gasteiger partial charge is 0.497 e. The summed E-state index contributed by atoms with van der Waals surface area (Å²) in [4.78, 5) is 24.3. The van der Waals surface area contributed by atoms with Crippen molar-refractivity contribution in [3.63, 3.8) is 0 Å². The van der Waals surface area contributed by atoms with E-state index in [4.69, 9.17) is 9.47 Å². The Morgan fingerprint density at radius 2 is 1.62 bits per heavy atom. The summed E-state index contributed by atoms with van der Waals surface area (Å²) >= 11 is 3.32. The molecule has 0 bridgehead atoms. The number of halogens is 1. The second-order valence-electron chi connectivity index (χ2n) is 5.90. The molecule has 0 aliphatic carbocycles. The van der Waals surface area contributed by atoms with E-state index in [2.05, 4.69) is 26.5 Å². The summed E-state index contributed by atoms with van der Waals surface area (Å²) in [6, 6.07) is 20.4. The van der Waals surface area contributed by atoms with E-state index in [0.29, 0.717) is 28.2 Å². The molecule has 6 nitrogen and oxygen atoms in total. The topological polar surface area (TPSA) is 77.0 Å². The van der Waals surface area contributed by atoms with Crippen LogP contribution in [-0.4, -0.2) is 25.2 Å². The Bertz CT molecular complexity index is 1030. The molecule has 0 atom stereocenters. The summed E-state index contributed by atoms with van der Waals surface area (Å²) in [6.45, 7) is 0. The van der Waals surface area contributed by atoms with E-state index in [1.54, 1.807) is 79.9 Å². The first kappa shape index (κ1) is 20.3. The van der Waals surface area contributed by atoms with E-state index >= 15 is 0 Å². The zero-order valence-electron chi connectivity index (χ0n) is 15.5. The molecule has 0 heterocycles. The molecule has 0 saturated heterocycles. The highest BCUT2D eigenvalue weighted by Gasteiger charge is 2.09. The zero-order valence-corrected chi connectivity index (χ0v) is 17.0. The van der Waals surface area contributed by atoms with Gasteiger partial charge in [0.2, 0.25) is 0 Å². The Labute approximate surface area is 176 Å². The highest BCUT2D eigenvalue weighted by atomic mass is 79.9. The predicted molar refractivity (Wildman–Crippen MR) is 114 cm³/mol. The van der Waals surface area contributed by atoms with Crippen molar-refractivity contribution in [2.75, 3.05) is 7.11 Å². The fourth-order valence-electron chi connectivity index (χ4n) is 2.38. The first-order chi connectivity index (χ1) is 14.0. The van der Waals surface area contributed by atoms with Crippen molar-refractivity contribution in [3.05, 3.63) is 94.0 Å². The molecule has 1 amide bonds. The van der Waals surface area contributed by atoms with Crippen molar-refractivity contribution in [3.8, 4) is 11.5 Å². The van der Waals surface area contributed by atoms with Gasteiger partial charge in [-0.25, -0.2) is 10.2 Å². The Kier molecular flexibility index (Phi) is 6.76. The molecule has 0 aromatic heterocycles. The van der Waals surface area contributed by atoms with Crippen LogP contribution in [0.25, 0.3) is 0 Å². The van der Waals surface area contributed by atoms with Gasteiger partial charge in [0.15, 0.2) is 0 Å². The summed E-state index contributed by atoms with van der Waals surface area (Å²) in [5, 5.41) is 3.95. The van der Waals surface area contributed by atoms with Crippen LogP contribution in [0.4, 0.5) is 0 Å². The molecule has 1 N–H and O–H groups in total. The first-order valence-electron chi connectivity index (χ1n) is 8.60. The molecule has 0 spiro atoms. The quantitative estimate of drug-likeness (QED) is 0.259. The van der Waals surface area contributed by atoms with Gasteiger partial charge in [-0.15, -0.1) is 0 Å². The number of methoxy groups -OCH3 is 1. The van der Waals surface area contributed by atoms with Crippen LogP contribution in [0.3, 0.4) is 0 Å². The minimum atomic E-state index is -0.481. The predicted octanol–water partition coefficient (Wildman–Crippen LogP) is 4.44. The lowest BCUT2D eigenvalue weighted by atomic mass is 10.2. The Balaban J connectivity index is 1.61. The lowest BCUT2D eigenvalue weighted by Gasteiger charge is -2.06. The molecule has 0 aliphatic heterocycles. The molecular formula is C22H17BrN2O4. The van der Waals surface area contributed by atoms with E-state index in [0.717, 1.165) is 4.47 Å². The highest BCUT2D eigenvalue weighted by Crippen LogP contribution is 2.16. The van der Waals surface area contributed by atoms with Crippen molar-refractivity contribution in [2.45, 2.75) is 0 Å². The van der Waals surface area contributed by atoms with Crippen LogP contribution in [0.15, 0.2) is 82.4 Å². The number of benzene rings is 3. The van der Waals surface area contributed by atoms with Crippen LogP contribution in [-0.2, 0) is 0 Å². The standard InChI is InChI=1S/C22H17BrN2O4/c1-28-19-11-7-17(8-12-19)22(27)29-20-4-2-3-15(13-20)14-24-25-21(26)16-5-9-18(23)10-6-16/h2-14H,1H3,(H,25,26)/b24-14+. The van der Waals surface area contributed by atoms with E-state index in [1.807, 2.05) is 0 Å². The minimum absolute atomic E-state index is 0.323. The number of rotatable bonds is 6. The lowest BCUT2D eigenvalue weighted by Crippen LogP contribution is -2.17. The molecule has 7 heteroatoms. The van der Waals surface area contributed by atoms with Gasteiger partial charge < -0.3 is 9.47 Å². The van der Waals surface area contributed by atoms with E-state index in [-0.39, 0.29) is 5.91 Å². The van der Waals surface area contributed by atoms with Gasteiger partial charge in [-0.1, -0.05) is 28.1 Å². The Morgan fingerprint density at radius 3 is 2.31 bits per heavy atom. The van der Waals surface area contributed by atoms with Gasteiger partial charge >= 0.3 is 5.97 Å². The van der Waals surface area contributed by atoms with Crippen LogP contribution < -0.4 is 14.9 Å². The second-order valence-corrected chi connectivity index (χ2v) is 6.81. The lowest BCUT2D eigenvalue weighted by molar-refractivity contribution is 0.0734. The fourth-order valence-corrected chi connectivity index (χ4v) is 2.65.